The van der Waals surface area contributed by atoms with E-state index in [9.17, 15) is 4.79 Å². The number of anilines is 1. The number of ether oxygens (including phenoxy) is 2. The molecule has 7 nitrogen and oxygen atoms in total. The Kier molecular flexibility index (Phi) is 7.32. The zero-order chi connectivity index (χ0) is 20.6. The molecule has 29 heavy (non-hydrogen) atoms. The zero-order valence-electron chi connectivity index (χ0n) is 17.4. The number of urea groups is 1. The minimum Gasteiger partial charge on any atom is -0.493 e. The lowest BCUT2D eigenvalue weighted by atomic mass is 10.2. The van der Waals surface area contributed by atoms with Crippen molar-refractivity contribution in [1.29, 1.82) is 0 Å². The Morgan fingerprint density at radius 1 is 0.931 bits per heavy atom. The quantitative estimate of drug-likeness (QED) is 0.751. The third-order valence-corrected chi connectivity index (χ3v) is 5.11. The van der Waals surface area contributed by atoms with E-state index in [0.29, 0.717) is 18.0 Å². The van der Waals surface area contributed by atoms with E-state index in [1.54, 1.807) is 14.2 Å². The molecule has 0 aliphatic carbocycles. The molecule has 2 aromatic carbocycles. The second-order valence-corrected chi connectivity index (χ2v) is 7.27. The van der Waals surface area contributed by atoms with Crippen LogP contribution >= 0.6 is 0 Å². The number of rotatable bonds is 7. The first kappa shape index (κ1) is 21.0. The summed E-state index contributed by atoms with van der Waals surface area (Å²) < 4.78 is 10.5. The zero-order valence-corrected chi connectivity index (χ0v) is 17.4. The van der Waals surface area contributed by atoms with Crippen LogP contribution in [0.3, 0.4) is 0 Å². The number of methoxy groups -OCH3 is 2. The van der Waals surface area contributed by atoms with Crippen LogP contribution in [-0.2, 0) is 13.1 Å². The topological polar surface area (TPSA) is 66.1 Å². The summed E-state index contributed by atoms with van der Waals surface area (Å²) in [5, 5.41) is 5.74. The molecule has 2 amide bonds. The fourth-order valence-electron chi connectivity index (χ4n) is 3.31. The van der Waals surface area contributed by atoms with Crippen LogP contribution in [0.25, 0.3) is 0 Å². The van der Waals surface area contributed by atoms with Gasteiger partial charge >= 0.3 is 6.03 Å². The molecule has 0 unspecified atom stereocenters. The van der Waals surface area contributed by atoms with Gasteiger partial charge in [-0.05, 0) is 42.4 Å². The molecule has 0 atom stereocenters. The van der Waals surface area contributed by atoms with E-state index < -0.39 is 0 Å². The van der Waals surface area contributed by atoms with Gasteiger partial charge in [-0.25, -0.2) is 4.79 Å². The number of likely N-dealkylation sites (N-methyl/N-ethyl adjacent to an activating group) is 1. The molecule has 1 fully saturated rings. The van der Waals surface area contributed by atoms with Crippen LogP contribution in [0.15, 0.2) is 42.5 Å². The minimum absolute atomic E-state index is 0.244. The average molecular weight is 399 g/mol. The maximum absolute atomic E-state index is 12.2. The second kappa shape index (κ2) is 10.1. The number of carbonyl (C=O) groups excluding carboxylic acids is 1. The standard InChI is InChI=1S/C22H30N4O3/c1-25-10-12-26(13-11-25)16-17-4-7-19(8-5-17)24-22(27)23-15-18-6-9-20(28-2)21(14-18)29-3/h4-9,14H,10-13,15-16H2,1-3H3,(H2,23,24,27). The molecule has 2 N–H and O–H groups in total. The first-order valence-corrected chi connectivity index (χ1v) is 9.83. The third kappa shape index (κ3) is 6.10. The van der Waals surface area contributed by atoms with Gasteiger partial charge in [0.15, 0.2) is 11.5 Å². The van der Waals surface area contributed by atoms with Crippen LogP contribution in [0.2, 0.25) is 0 Å². The van der Waals surface area contributed by atoms with Crippen molar-refractivity contribution in [2.45, 2.75) is 13.1 Å². The summed E-state index contributed by atoms with van der Waals surface area (Å²) in [6.07, 6.45) is 0. The summed E-state index contributed by atoms with van der Waals surface area (Å²) in [4.78, 5) is 17.0. The number of hydrogen-bond donors (Lipinski definition) is 2. The van der Waals surface area contributed by atoms with Crippen molar-refractivity contribution in [1.82, 2.24) is 15.1 Å². The van der Waals surface area contributed by atoms with E-state index in [2.05, 4.69) is 39.6 Å². The first-order chi connectivity index (χ1) is 14.1. The molecule has 1 aliphatic rings. The predicted molar refractivity (Wildman–Crippen MR) is 115 cm³/mol. The summed E-state index contributed by atoms with van der Waals surface area (Å²) in [6.45, 7) is 5.75. The Bertz CT molecular complexity index is 802. The van der Waals surface area contributed by atoms with Crippen LogP contribution < -0.4 is 20.1 Å². The van der Waals surface area contributed by atoms with E-state index in [-0.39, 0.29) is 6.03 Å². The Morgan fingerprint density at radius 3 is 2.24 bits per heavy atom. The van der Waals surface area contributed by atoms with Crippen LogP contribution in [0, 0.1) is 0 Å². The number of amides is 2. The van der Waals surface area contributed by atoms with Gasteiger partial charge in [0.25, 0.3) is 0 Å². The van der Waals surface area contributed by atoms with Crippen molar-refractivity contribution in [2.75, 3.05) is 52.8 Å². The van der Waals surface area contributed by atoms with E-state index >= 15 is 0 Å². The number of carbonyl (C=O) groups is 1. The second-order valence-electron chi connectivity index (χ2n) is 7.27. The molecule has 7 heteroatoms. The van der Waals surface area contributed by atoms with Gasteiger partial charge in [-0.1, -0.05) is 18.2 Å². The van der Waals surface area contributed by atoms with Gasteiger partial charge in [-0.3, -0.25) is 4.90 Å². The highest BCUT2D eigenvalue weighted by molar-refractivity contribution is 5.89. The molecule has 2 aromatic rings. The van der Waals surface area contributed by atoms with Crippen molar-refractivity contribution in [3.05, 3.63) is 53.6 Å². The van der Waals surface area contributed by atoms with Gasteiger partial charge in [0.05, 0.1) is 14.2 Å². The largest absolute Gasteiger partial charge is 0.493 e. The van der Waals surface area contributed by atoms with Crippen molar-refractivity contribution < 1.29 is 14.3 Å². The van der Waals surface area contributed by atoms with Crippen molar-refractivity contribution >= 4 is 11.7 Å². The fraction of sp³-hybridized carbons (Fsp3) is 0.409. The number of piperazine rings is 1. The average Bonchev–Trinajstić information content (AvgIpc) is 2.75. The Morgan fingerprint density at radius 2 is 1.59 bits per heavy atom. The minimum atomic E-state index is -0.244. The molecule has 0 saturated carbocycles. The van der Waals surface area contributed by atoms with E-state index in [0.717, 1.165) is 44.0 Å². The van der Waals surface area contributed by atoms with Gasteiger partial charge in [0, 0.05) is 45.0 Å². The Hall–Kier alpha value is -2.77. The highest BCUT2D eigenvalue weighted by Crippen LogP contribution is 2.27. The van der Waals surface area contributed by atoms with Gasteiger partial charge in [0.1, 0.15) is 0 Å². The van der Waals surface area contributed by atoms with Crippen LogP contribution in [-0.4, -0.2) is 63.3 Å². The SMILES string of the molecule is COc1ccc(CNC(=O)Nc2ccc(CN3CCN(C)CC3)cc2)cc1OC. The van der Waals surface area contributed by atoms with E-state index in [1.165, 1.54) is 5.56 Å². The number of benzene rings is 2. The van der Waals surface area contributed by atoms with Crippen molar-refractivity contribution in [3.63, 3.8) is 0 Å². The molecule has 1 heterocycles. The third-order valence-electron chi connectivity index (χ3n) is 5.11. The van der Waals surface area contributed by atoms with E-state index in [1.807, 2.05) is 30.3 Å². The van der Waals surface area contributed by atoms with Crippen LogP contribution in [0.5, 0.6) is 11.5 Å². The molecule has 0 spiro atoms. The van der Waals surface area contributed by atoms with Crippen LogP contribution in [0.4, 0.5) is 10.5 Å². The number of hydrogen-bond acceptors (Lipinski definition) is 5. The summed E-state index contributed by atoms with van der Waals surface area (Å²) in [5.41, 5.74) is 2.96. The monoisotopic (exact) mass is 398 g/mol. The lowest BCUT2D eigenvalue weighted by Crippen LogP contribution is -2.43. The highest BCUT2D eigenvalue weighted by Gasteiger charge is 2.13. The lowest BCUT2D eigenvalue weighted by Gasteiger charge is -2.32. The molecule has 0 bridgehead atoms. The van der Waals surface area contributed by atoms with Crippen molar-refractivity contribution in [2.24, 2.45) is 0 Å². The molecule has 1 saturated heterocycles. The Balaban J connectivity index is 1.47. The summed E-state index contributed by atoms with van der Waals surface area (Å²) in [6, 6.07) is 13.4. The fourth-order valence-corrected chi connectivity index (χ4v) is 3.31. The lowest BCUT2D eigenvalue weighted by molar-refractivity contribution is 0.148. The molecule has 1 aliphatic heterocycles. The maximum Gasteiger partial charge on any atom is 0.319 e. The molecular formula is C22H30N4O3. The summed E-state index contributed by atoms with van der Waals surface area (Å²) >= 11 is 0. The Labute approximate surface area is 172 Å². The predicted octanol–water partition coefficient (Wildman–Crippen LogP) is 2.77. The maximum atomic E-state index is 12.2. The molecule has 0 aromatic heterocycles. The first-order valence-electron chi connectivity index (χ1n) is 9.83. The van der Waals surface area contributed by atoms with Crippen molar-refractivity contribution in [3.8, 4) is 11.5 Å². The molecule has 3 rings (SSSR count). The molecule has 156 valence electrons. The summed E-state index contributed by atoms with van der Waals surface area (Å²) in [7, 11) is 5.35. The van der Waals surface area contributed by atoms with Gasteiger partial charge < -0.3 is 25.0 Å². The smallest absolute Gasteiger partial charge is 0.319 e. The van der Waals surface area contributed by atoms with Gasteiger partial charge in [-0.15, -0.1) is 0 Å². The van der Waals surface area contributed by atoms with Crippen LogP contribution in [0.1, 0.15) is 11.1 Å². The van der Waals surface area contributed by atoms with E-state index in [4.69, 9.17) is 9.47 Å². The molecule has 0 radical (unpaired) electrons. The van der Waals surface area contributed by atoms with Gasteiger partial charge in [-0.2, -0.15) is 0 Å². The highest BCUT2D eigenvalue weighted by atomic mass is 16.5. The number of nitrogens with one attached hydrogen (secondary N) is 2. The molecular weight excluding hydrogens is 368 g/mol. The normalized spacial score (nSPS) is 15.0. The van der Waals surface area contributed by atoms with Gasteiger partial charge in [0.2, 0.25) is 0 Å². The number of nitrogens with zero attached hydrogens (tertiary/aromatic N) is 2. The summed E-state index contributed by atoms with van der Waals surface area (Å²) in [5.74, 6) is 1.31.